The lowest BCUT2D eigenvalue weighted by Gasteiger charge is -2.06. The van der Waals surface area contributed by atoms with E-state index in [1.54, 1.807) is 6.07 Å². The molecule has 0 aliphatic rings. The fraction of sp³-hybridized carbons (Fsp3) is 0.0909. The van der Waals surface area contributed by atoms with Crippen LogP contribution in [-0.2, 0) is 0 Å². The van der Waals surface area contributed by atoms with E-state index in [1.165, 1.54) is 6.07 Å². The molecule has 14 heavy (non-hydrogen) atoms. The van der Waals surface area contributed by atoms with Crippen molar-refractivity contribution in [1.82, 2.24) is 4.98 Å². The van der Waals surface area contributed by atoms with Gasteiger partial charge in [0.25, 0.3) is 0 Å². The van der Waals surface area contributed by atoms with Gasteiger partial charge < -0.3 is 9.90 Å². The lowest BCUT2D eigenvalue weighted by Crippen LogP contribution is -2.22. The van der Waals surface area contributed by atoms with Crippen molar-refractivity contribution in [3.05, 3.63) is 41.6 Å². The average molecular weight is 186 g/mol. The molecule has 2 aromatic rings. The maximum Gasteiger partial charge on any atom is 0.0795 e. The van der Waals surface area contributed by atoms with Gasteiger partial charge in [0.05, 0.1) is 11.5 Å². The summed E-state index contributed by atoms with van der Waals surface area (Å²) in [7, 11) is 0. The molecule has 0 saturated heterocycles. The van der Waals surface area contributed by atoms with Gasteiger partial charge in [0.1, 0.15) is 0 Å². The second-order valence-corrected chi connectivity index (χ2v) is 3.12. The molecule has 0 aliphatic carbocycles. The summed E-state index contributed by atoms with van der Waals surface area (Å²) < 4.78 is 0. The van der Waals surface area contributed by atoms with Gasteiger partial charge in [-0.1, -0.05) is 24.3 Å². The number of pyridine rings is 1. The van der Waals surface area contributed by atoms with Crippen LogP contribution in [0.5, 0.6) is 0 Å². The Hall–Kier alpha value is -1.90. The van der Waals surface area contributed by atoms with Crippen molar-refractivity contribution in [3.8, 4) is 0 Å². The number of carboxylic acids is 1. The molecule has 3 heteroatoms. The first-order valence-corrected chi connectivity index (χ1v) is 4.26. The highest BCUT2D eigenvalue weighted by molar-refractivity contribution is 6.00. The van der Waals surface area contributed by atoms with Crippen molar-refractivity contribution in [1.29, 1.82) is 0 Å². The zero-order chi connectivity index (χ0) is 10.1. The molecule has 0 N–H and O–H groups in total. The Bertz CT molecular complexity index is 506. The fourth-order valence-electron chi connectivity index (χ4n) is 1.41. The van der Waals surface area contributed by atoms with Crippen LogP contribution >= 0.6 is 0 Å². The zero-order valence-corrected chi connectivity index (χ0v) is 7.65. The van der Waals surface area contributed by atoms with Gasteiger partial charge in [0.2, 0.25) is 0 Å². The number of carboxylic acid groups (broad SMARTS) is 1. The summed E-state index contributed by atoms with van der Waals surface area (Å²) in [5.41, 5.74) is 1.44. The van der Waals surface area contributed by atoms with Crippen molar-refractivity contribution < 1.29 is 9.90 Å². The van der Waals surface area contributed by atoms with Gasteiger partial charge in [0, 0.05) is 16.6 Å². The summed E-state index contributed by atoms with van der Waals surface area (Å²) in [5, 5.41) is 11.6. The van der Waals surface area contributed by atoms with Gasteiger partial charge in [-0.25, -0.2) is 0 Å². The van der Waals surface area contributed by atoms with E-state index in [9.17, 15) is 9.90 Å². The van der Waals surface area contributed by atoms with Crippen LogP contribution in [0.3, 0.4) is 0 Å². The number of nitrogens with zero attached hydrogens (tertiary/aromatic N) is 1. The van der Waals surface area contributed by atoms with Gasteiger partial charge in [-0.2, -0.15) is 0 Å². The lowest BCUT2D eigenvalue weighted by molar-refractivity contribution is -0.254. The molecule has 0 spiro atoms. The topological polar surface area (TPSA) is 53.0 Å². The van der Waals surface area contributed by atoms with E-state index in [1.807, 2.05) is 25.1 Å². The number of carbonyl (C=O) groups excluding carboxylic acids is 1. The van der Waals surface area contributed by atoms with Crippen LogP contribution in [0, 0.1) is 6.92 Å². The van der Waals surface area contributed by atoms with Crippen LogP contribution in [-0.4, -0.2) is 11.0 Å². The number of carbonyl (C=O) groups is 1. The van der Waals surface area contributed by atoms with E-state index in [2.05, 4.69) is 4.98 Å². The summed E-state index contributed by atoms with van der Waals surface area (Å²) in [5.74, 6) is -1.19. The SMILES string of the molecule is Cc1ccc2cccc(C(=O)[O-])c2n1. The highest BCUT2D eigenvalue weighted by atomic mass is 16.4. The summed E-state index contributed by atoms with van der Waals surface area (Å²) >= 11 is 0. The van der Waals surface area contributed by atoms with Gasteiger partial charge >= 0.3 is 0 Å². The molecule has 0 fully saturated rings. The summed E-state index contributed by atoms with van der Waals surface area (Å²) in [6.45, 7) is 1.82. The van der Waals surface area contributed by atoms with E-state index in [0.717, 1.165) is 11.1 Å². The number of aromatic nitrogens is 1. The number of aromatic carboxylic acids is 1. The third-order valence-electron chi connectivity index (χ3n) is 2.08. The Morgan fingerprint density at radius 2 is 2.07 bits per heavy atom. The Labute approximate surface area is 81.0 Å². The average Bonchev–Trinajstić information content (AvgIpc) is 2.16. The minimum absolute atomic E-state index is 0.145. The lowest BCUT2D eigenvalue weighted by atomic mass is 10.1. The molecule has 1 aromatic heterocycles. The first kappa shape index (κ1) is 8.69. The highest BCUT2D eigenvalue weighted by Crippen LogP contribution is 2.16. The quantitative estimate of drug-likeness (QED) is 0.665. The summed E-state index contributed by atoms with van der Waals surface area (Å²) in [6.07, 6.45) is 0. The maximum absolute atomic E-state index is 10.8. The van der Waals surface area contributed by atoms with Gasteiger partial charge in [0.15, 0.2) is 0 Å². The van der Waals surface area contributed by atoms with Crippen molar-refractivity contribution in [2.45, 2.75) is 6.92 Å². The van der Waals surface area contributed by atoms with Crippen LogP contribution in [0.4, 0.5) is 0 Å². The van der Waals surface area contributed by atoms with Gasteiger partial charge in [-0.3, -0.25) is 4.98 Å². The van der Waals surface area contributed by atoms with Crippen LogP contribution < -0.4 is 5.11 Å². The van der Waals surface area contributed by atoms with E-state index < -0.39 is 5.97 Å². The molecule has 2 rings (SSSR count). The van der Waals surface area contributed by atoms with E-state index in [0.29, 0.717) is 5.52 Å². The molecule has 0 unspecified atom stereocenters. The Morgan fingerprint density at radius 1 is 1.29 bits per heavy atom. The first-order chi connectivity index (χ1) is 6.68. The second kappa shape index (κ2) is 3.10. The monoisotopic (exact) mass is 186 g/mol. The molecule has 0 aliphatic heterocycles. The molecule has 0 radical (unpaired) electrons. The third kappa shape index (κ3) is 1.33. The molecule has 0 atom stereocenters. The molecule has 70 valence electrons. The minimum atomic E-state index is -1.19. The van der Waals surface area contributed by atoms with Gasteiger partial charge in [-0.15, -0.1) is 0 Å². The van der Waals surface area contributed by atoms with Crippen molar-refractivity contribution in [2.75, 3.05) is 0 Å². The number of hydrogen-bond donors (Lipinski definition) is 0. The number of fused-ring (bicyclic) bond motifs is 1. The van der Waals surface area contributed by atoms with Crippen LogP contribution in [0.2, 0.25) is 0 Å². The minimum Gasteiger partial charge on any atom is -0.545 e. The van der Waals surface area contributed by atoms with E-state index in [-0.39, 0.29) is 5.56 Å². The van der Waals surface area contributed by atoms with Crippen molar-refractivity contribution >= 4 is 16.9 Å². The summed E-state index contributed by atoms with van der Waals surface area (Å²) in [4.78, 5) is 15.0. The molecular formula is C11H8NO2-. The first-order valence-electron chi connectivity index (χ1n) is 4.26. The smallest absolute Gasteiger partial charge is 0.0795 e. The van der Waals surface area contributed by atoms with Crippen LogP contribution in [0.1, 0.15) is 16.1 Å². The van der Waals surface area contributed by atoms with E-state index in [4.69, 9.17) is 0 Å². The molecule has 0 bridgehead atoms. The normalized spacial score (nSPS) is 10.4. The molecule has 0 amide bonds. The number of hydrogen-bond acceptors (Lipinski definition) is 3. The Morgan fingerprint density at radius 3 is 2.79 bits per heavy atom. The highest BCUT2D eigenvalue weighted by Gasteiger charge is 2.02. The Kier molecular flexibility index (Phi) is 1.93. The zero-order valence-electron chi connectivity index (χ0n) is 7.65. The molecule has 1 aromatic carbocycles. The van der Waals surface area contributed by atoms with Gasteiger partial charge in [-0.05, 0) is 13.0 Å². The second-order valence-electron chi connectivity index (χ2n) is 3.12. The number of benzene rings is 1. The predicted octanol–water partition coefficient (Wildman–Crippen LogP) is 0.907. The third-order valence-corrected chi connectivity index (χ3v) is 2.08. The molecule has 0 saturated carbocycles. The molecule has 1 heterocycles. The van der Waals surface area contributed by atoms with Crippen molar-refractivity contribution in [2.24, 2.45) is 0 Å². The number of para-hydroxylation sites is 1. The standard InChI is InChI=1S/C11H9NO2/c1-7-5-6-8-3-2-4-9(11(13)14)10(8)12-7/h2-6H,1H3,(H,13,14)/p-1. The molecule has 3 nitrogen and oxygen atoms in total. The largest absolute Gasteiger partial charge is 0.545 e. The number of aryl methyl sites for hydroxylation is 1. The fourth-order valence-corrected chi connectivity index (χ4v) is 1.41. The summed E-state index contributed by atoms with van der Waals surface area (Å²) in [6, 6.07) is 8.72. The maximum atomic E-state index is 10.8. The van der Waals surface area contributed by atoms with Crippen LogP contribution in [0.25, 0.3) is 10.9 Å². The Balaban J connectivity index is 2.84. The van der Waals surface area contributed by atoms with Crippen LogP contribution in [0.15, 0.2) is 30.3 Å². The predicted molar refractivity (Wildman–Crippen MR) is 50.8 cm³/mol. The number of rotatable bonds is 1. The van der Waals surface area contributed by atoms with E-state index >= 15 is 0 Å². The molecular weight excluding hydrogens is 178 g/mol. The van der Waals surface area contributed by atoms with Crippen molar-refractivity contribution in [3.63, 3.8) is 0 Å².